The van der Waals surface area contributed by atoms with E-state index in [1.165, 1.54) is 5.56 Å². The van der Waals surface area contributed by atoms with Gasteiger partial charge in [-0.15, -0.1) is 18.2 Å². The van der Waals surface area contributed by atoms with Crippen LogP contribution < -0.4 is 4.74 Å². The van der Waals surface area contributed by atoms with E-state index < -0.39 is 0 Å². The van der Waals surface area contributed by atoms with E-state index in [2.05, 4.69) is 151 Å². The molecular weight excluding hydrogens is 844 g/mol. The summed E-state index contributed by atoms with van der Waals surface area (Å²) in [6.07, 6.45) is 0. The number of ether oxygens (including phenoxy) is 1. The first-order chi connectivity index (χ1) is 25.9. The summed E-state index contributed by atoms with van der Waals surface area (Å²) in [5.41, 5.74) is 11.7. The monoisotopic (exact) mass is 879 g/mol. The first kappa shape index (κ1) is 35.0. The topological polar surface area (TPSA) is 44.9 Å². The molecule has 9 rings (SSSR count). The summed E-state index contributed by atoms with van der Waals surface area (Å²) in [7, 11) is 0. The van der Waals surface area contributed by atoms with Crippen molar-refractivity contribution in [1.29, 1.82) is 0 Å². The minimum Gasteiger partial charge on any atom is -0.447 e. The van der Waals surface area contributed by atoms with Gasteiger partial charge in [0.15, 0.2) is 0 Å². The number of fused-ring (bicyclic) bond motifs is 2. The van der Waals surface area contributed by atoms with Gasteiger partial charge in [-0.1, -0.05) is 99.6 Å². The Kier molecular flexibility index (Phi) is 9.35. The summed E-state index contributed by atoms with van der Waals surface area (Å²) in [6.45, 7) is 6.73. The molecule has 0 aliphatic heterocycles. The molecule has 0 aliphatic carbocycles. The first-order valence-electron chi connectivity index (χ1n) is 17.8. The third kappa shape index (κ3) is 6.46. The van der Waals surface area contributed by atoms with Gasteiger partial charge in [-0.25, -0.2) is 16.1 Å². The van der Waals surface area contributed by atoms with Crippen molar-refractivity contribution >= 4 is 22.1 Å². The van der Waals surface area contributed by atoms with Gasteiger partial charge < -0.3 is 4.74 Å². The molecule has 54 heavy (non-hydrogen) atoms. The summed E-state index contributed by atoms with van der Waals surface area (Å²) in [5.74, 6) is 1.37. The van der Waals surface area contributed by atoms with Crippen molar-refractivity contribution in [3.63, 3.8) is 0 Å². The Balaban J connectivity index is 0.00000413. The maximum absolute atomic E-state index is 6.78. The SMILES string of the molecule is CC(C)(C)c1ccc2nc(-c3cccc4c3nc(Oc3[c-]c(-c5[c-]cccc5)ccc3)n4-c3ccccc3-c3ccccc3)n(-c3ccccc3)c2c1.[Pt+2]. The fourth-order valence-electron chi connectivity index (χ4n) is 6.97. The van der Waals surface area contributed by atoms with E-state index in [0.717, 1.165) is 67.1 Å². The average Bonchev–Trinajstić information content (AvgIpc) is 3.76. The molecule has 2 aromatic heterocycles. The second-order valence-corrected chi connectivity index (χ2v) is 14.2. The van der Waals surface area contributed by atoms with Crippen LogP contribution in [0, 0.1) is 12.1 Å². The van der Waals surface area contributed by atoms with Crippen molar-refractivity contribution < 1.29 is 25.8 Å². The predicted molar refractivity (Wildman–Crippen MR) is 215 cm³/mol. The molecule has 0 fully saturated rings. The maximum atomic E-state index is 6.78. The zero-order valence-corrected chi connectivity index (χ0v) is 32.4. The standard InChI is InChI=1S/C48H36N4O.Pt/c1-48(2,3)36-29-30-41-44(32-36)51(37-22-11-6-12-23-37)46(49-41)40-26-16-28-43-45(40)50-47(53-38-24-15-21-35(31-38)33-17-7-4-8-18-33)52(43)42-27-14-13-25-39(42)34-19-9-5-10-20-34;/h4-17,19-30,32H,1-3H3;/q-2;+2. The molecule has 0 amide bonds. The smallest absolute Gasteiger partial charge is 0.447 e. The van der Waals surface area contributed by atoms with Gasteiger partial charge in [0.25, 0.3) is 0 Å². The molecule has 0 spiro atoms. The number of nitrogens with zero attached hydrogens (tertiary/aromatic N) is 4. The maximum Gasteiger partial charge on any atom is 2.00 e. The van der Waals surface area contributed by atoms with Crippen LogP contribution in [0.4, 0.5) is 0 Å². The van der Waals surface area contributed by atoms with Crippen LogP contribution in [-0.2, 0) is 26.5 Å². The number of imidazole rings is 2. The molecule has 0 saturated heterocycles. The number of hydrogen-bond donors (Lipinski definition) is 0. The number of aromatic nitrogens is 4. The van der Waals surface area contributed by atoms with Crippen LogP contribution in [0.3, 0.4) is 0 Å². The Morgan fingerprint density at radius 1 is 0.593 bits per heavy atom. The van der Waals surface area contributed by atoms with E-state index >= 15 is 0 Å². The molecule has 9 aromatic rings. The van der Waals surface area contributed by atoms with Gasteiger partial charge >= 0.3 is 27.1 Å². The molecular formula is C48H36N4OPt. The van der Waals surface area contributed by atoms with Gasteiger partial charge in [0, 0.05) is 22.6 Å². The van der Waals surface area contributed by atoms with E-state index in [4.69, 9.17) is 14.7 Å². The minimum atomic E-state index is -0.0236. The Morgan fingerprint density at radius 3 is 2.07 bits per heavy atom. The summed E-state index contributed by atoms with van der Waals surface area (Å²) in [4.78, 5) is 10.6. The fraction of sp³-hybridized carbons (Fsp3) is 0.0833. The van der Waals surface area contributed by atoms with Crippen LogP contribution in [-0.4, -0.2) is 19.1 Å². The second kappa shape index (κ2) is 14.4. The van der Waals surface area contributed by atoms with Crippen molar-refractivity contribution in [3.8, 4) is 56.8 Å². The fourth-order valence-corrected chi connectivity index (χ4v) is 6.97. The summed E-state index contributed by atoms with van der Waals surface area (Å²) in [5, 5.41) is 0. The average molecular weight is 880 g/mol. The van der Waals surface area contributed by atoms with Gasteiger partial charge in [-0.05, 0) is 59.0 Å². The molecule has 2 heterocycles. The van der Waals surface area contributed by atoms with Crippen molar-refractivity contribution in [2.24, 2.45) is 0 Å². The molecule has 0 N–H and O–H groups in total. The van der Waals surface area contributed by atoms with Crippen LogP contribution >= 0.6 is 0 Å². The summed E-state index contributed by atoms with van der Waals surface area (Å²) < 4.78 is 11.1. The van der Waals surface area contributed by atoms with Crippen LogP contribution in [0.5, 0.6) is 11.8 Å². The largest absolute Gasteiger partial charge is 2.00 e. The van der Waals surface area contributed by atoms with Crippen molar-refractivity contribution in [2.75, 3.05) is 0 Å². The molecule has 0 radical (unpaired) electrons. The Hall–Kier alpha value is -6.03. The molecule has 0 atom stereocenters. The molecule has 0 aliphatic rings. The van der Waals surface area contributed by atoms with Gasteiger partial charge in [-0.2, -0.15) is 41.4 Å². The van der Waals surface area contributed by atoms with E-state index in [1.807, 2.05) is 54.6 Å². The third-order valence-electron chi connectivity index (χ3n) is 9.63. The van der Waals surface area contributed by atoms with Gasteiger partial charge in [0.05, 0.1) is 22.2 Å². The van der Waals surface area contributed by atoms with Crippen molar-refractivity contribution in [3.05, 3.63) is 181 Å². The summed E-state index contributed by atoms with van der Waals surface area (Å²) in [6, 6.07) is 63.2. The second-order valence-electron chi connectivity index (χ2n) is 14.2. The zero-order valence-electron chi connectivity index (χ0n) is 30.1. The van der Waals surface area contributed by atoms with Crippen LogP contribution in [0.2, 0.25) is 0 Å². The Labute approximate surface area is 329 Å². The van der Waals surface area contributed by atoms with E-state index in [0.29, 0.717) is 11.8 Å². The Morgan fingerprint density at radius 2 is 1.30 bits per heavy atom. The number of benzene rings is 7. The minimum absolute atomic E-state index is 0. The quantitative estimate of drug-likeness (QED) is 0.150. The Bertz CT molecular complexity index is 2730. The molecule has 264 valence electrons. The molecule has 5 nitrogen and oxygen atoms in total. The molecule has 0 saturated carbocycles. The predicted octanol–water partition coefficient (Wildman–Crippen LogP) is 12.1. The normalized spacial score (nSPS) is 11.5. The van der Waals surface area contributed by atoms with Crippen molar-refractivity contribution in [1.82, 2.24) is 19.1 Å². The van der Waals surface area contributed by atoms with Crippen LogP contribution in [0.25, 0.3) is 67.1 Å². The number of para-hydroxylation sites is 3. The molecule has 6 heteroatoms. The van der Waals surface area contributed by atoms with Crippen LogP contribution in [0.15, 0.2) is 164 Å². The van der Waals surface area contributed by atoms with E-state index in [-0.39, 0.29) is 26.5 Å². The molecule has 0 bridgehead atoms. The zero-order chi connectivity index (χ0) is 35.9. The van der Waals surface area contributed by atoms with E-state index in [1.54, 1.807) is 0 Å². The van der Waals surface area contributed by atoms with Gasteiger partial charge in [0.2, 0.25) is 0 Å². The van der Waals surface area contributed by atoms with Gasteiger partial charge in [-0.3, -0.25) is 9.13 Å². The number of rotatable bonds is 7. The van der Waals surface area contributed by atoms with Gasteiger partial charge in [0.1, 0.15) is 11.3 Å². The summed E-state index contributed by atoms with van der Waals surface area (Å²) >= 11 is 0. The van der Waals surface area contributed by atoms with Crippen molar-refractivity contribution in [2.45, 2.75) is 26.2 Å². The third-order valence-corrected chi connectivity index (χ3v) is 9.63. The molecule has 7 aromatic carbocycles. The number of hydrogen-bond acceptors (Lipinski definition) is 3. The molecule has 0 unspecified atom stereocenters. The van der Waals surface area contributed by atoms with E-state index in [9.17, 15) is 0 Å². The first-order valence-corrected chi connectivity index (χ1v) is 17.8. The van der Waals surface area contributed by atoms with Crippen LogP contribution in [0.1, 0.15) is 26.3 Å².